The molecule has 0 bridgehead atoms. The van der Waals surface area contributed by atoms with Crippen molar-refractivity contribution in [2.24, 2.45) is 0 Å². The van der Waals surface area contributed by atoms with Gasteiger partial charge in [0.05, 0.1) is 6.54 Å². The normalized spacial score (nSPS) is 11.7. The number of amides is 1. The third-order valence-electron chi connectivity index (χ3n) is 2.95. The highest BCUT2D eigenvalue weighted by molar-refractivity contribution is 7.89. The second-order valence-corrected chi connectivity index (χ2v) is 7.00. The van der Waals surface area contributed by atoms with Gasteiger partial charge in [-0.2, -0.15) is 4.31 Å². The van der Waals surface area contributed by atoms with Gasteiger partial charge in [0.25, 0.3) is 0 Å². The van der Waals surface area contributed by atoms with Crippen LogP contribution in [0, 0.1) is 0 Å². The number of carbonyl (C=O) groups is 2. The minimum atomic E-state index is -3.85. The van der Waals surface area contributed by atoms with E-state index in [0.29, 0.717) is 0 Å². The van der Waals surface area contributed by atoms with Crippen LogP contribution in [0.3, 0.4) is 0 Å². The lowest BCUT2D eigenvalue weighted by Gasteiger charge is -2.27. The first kappa shape index (κ1) is 18.1. The Bertz CT molecular complexity index is 630. The van der Waals surface area contributed by atoms with Crippen molar-refractivity contribution >= 4 is 21.9 Å². The van der Waals surface area contributed by atoms with Crippen LogP contribution in [0.1, 0.15) is 13.8 Å². The predicted octanol–water partition coefficient (Wildman–Crippen LogP) is 0.0237. The van der Waals surface area contributed by atoms with Gasteiger partial charge in [0.15, 0.2) is 0 Å². The number of rotatable bonds is 7. The number of aliphatic carboxylic acids is 1. The number of likely N-dealkylation sites (N-methyl/N-ethyl adjacent to an activating group) is 1. The zero-order valence-electron chi connectivity index (χ0n) is 12.6. The molecule has 22 heavy (non-hydrogen) atoms. The maximum atomic E-state index is 12.3. The molecule has 0 aliphatic rings. The quantitative estimate of drug-likeness (QED) is 0.756. The van der Waals surface area contributed by atoms with Gasteiger partial charge in [-0.3, -0.25) is 14.6 Å². The average Bonchev–Trinajstić information content (AvgIpc) is 2.44. The lowest BCUT2D eigenvalue weighted by molar-refractivity contribution is -0.145. The smallest absolute Gasteiger partial charge is 0.323 e. The van der Waals surface area contributed by atoms with Crippen molar-refractivity contribution in [2.45, 2.75) is 24.8 Å². The van der Waals surface area contributed by atoms with E-state index < -0.39 is 35.0 Å². The molecule has 0 spiro atoms. The van der Waals surface area contributed by atoms with Gasteiger partial charge in [0, 0.05) is 25.5 Å². The fourth-order valence-corrected chi connectivity index (χ4v) is 2.84. The molecule has 0 aromatic carbocycles. The number of carbonyl (C=O) groups excluding carboxylic acids is 1. The zero-order valence-corrected chi connectivity index (χ0v) is 13.4. The van der Waals surface area contributed by atoms with Crippen LogP contribution in [0.2, 0.25) is 0 Å². The Hall–Kier alpha value is -2.00. The molecule has 1 aromatic rings. The minimum Gasteiger partial charge on any atom is -0.480 e. The fourth-order valence-electron chi connectivity index (χ4n) is 1.75. The van der Waals surface area contributed by atoms with E-state index in [-0.39, 0.29) is 10.9 Å². The fraction of sp³-hybridized carbons (Fsp3) is 0.462. The molecule has 0 radical (unpaired) electrons. The van der Waals surface area contributed by atoms with Crippen LogP contribution < -0.4 is 0 Å². The van der Waals surface area contributed by atoms with Gasteiger partial charge in [-0.05, 0) is 26.0 Å². The predicted molar refractivity (Wildman–Crippen MR) is 78.5 cm³/mol. The van der Waals surface area contributed by atoms with Gasteiger partial charge in [-0.15, -0.1) is 0 Å². The van der Waals surface area contributed by atoms with Crippen LogP contribution in [-0.4, -0.2) is 65.8 Å². The van der Waals surface area contributed by atoms with E-state index in [2.05, 4.69) is 4.98 Å². The second-order valence-electron chi connectivity index (χ2n) is 4.96. The molecule has 0 saturated heterocycles. The minimum absolute atomic E-state index is 0.0281. The van der Waals surface area contributed by atoms with Crippen LogP contribution in [-0.2, 0) is 19.6 Å². The Morgan fingerprint density at radius 3 is 2.41 bits per heavy atom. The summed E-state index contributed by atoms with van der Waals surface area (Å²) in [6.07, 6.45) is 2.63. The van der Waals surface area contributed by atoms with Crippen molar-refractivity contribution in [3.05, 3.63) is 24.5 Å². The molecule has 1 rings (SSSR count). The first-order valence-corrected chi connectivity index (χ1v) is 7.98. The highest BCUT2D eigenvalue weighted by Gasteiger charge is 2.27. The lowest BCUT2D eigenvalue weighted by Crippen LogP contribution is -2.46. The molecule has 9 heteroatoms. The van der Waals surface area contributed by atoms with Gasteiger partial charge in [-0.25, -0.2) is 8.42 Å². The van der Waals surface area contributed by atoms with E-state index in [9.17, 15) is 18.0 Å². The molecule has 0 aliphatic heterocycles. The summed E-state index contributed by atoms with van der Waals surface area (Å²) in [5, 5.41) is 8.82. The standard InChI is InChI=1S/C13H19N3O5S/c1-10(2)16(9-13(18)19)12(17)8-15(3)22(20,21)11-5-4-6-14-7-11/h4-7,10H,8-9H2,1-3H3,(H,18,19). The Morgan fingerprint density at radius 1 is 1.32 bits per heavy atom. The summed E-state index contributed by atoms with van der Waals surface area (Å²) in [4.78, 5) is 27.8. The van der Waals surface area contributed by atoms with E-state index in [1.807, 2.05) is 0 Å². The number of hydrogen-bond donors (Lipinski definition) is 1. The first-order chi connectivity index (χ1) is 10.2. The summed E-state index contributed by atoms with van der Waals surface area (Å²) in [5.41, 5.74) is 0. The molecule has 1 heterocycles. The highest BCUT2D eigenvalue weighted by atomic mass is 32.2. The second kappa shape index (κ2) is 7.32. The Balaban J connectivity index is 2.89. The summed E-state index contributed by atoms with van der Waals surface area (Å²) in [7, 11) is -2.58. The molecule has 0 unspecified atom stereocenters. The van der Waals surface area contributed by atoms with Crippen molar-refractivity contribution in [1.82, 2.24) is 14.2 Å². The number of carboxylic acid groups (broad SMARTS) is 1. The summed E-state index contributed by atoms with van der Waals surface area (Å²) in [6, 6.07) is 2.51. The zero-order chi connectivity index (χ0) is 16.9. The van der Waals surface area contributed by atoms with E-state index in [1.165, 1.54) is 31.6 Å². The summed E-state index contributed by atoms with van der Waals surface area (Å²) in [6.45, 7) is 2.41. The molecule has 0 atom stereocenters. The summed E-state index contributed by atoms with van der Waals surface area (Å²) in [5.74, 6) is -1.73. The molecule has 1 amide bonds. The van der Waals surface area contributed by atoms with Crippen molar-refractivity contribution in [3.63, 3.8) is 0 Å². The third kappa shape index (κ3) is 4.50. The van der Waals surface area contributed by atoms with Crippen molar-refractivity contribution < 1.29 is 23.1 Å². The molecule has 0 aliphatic carbocycles. The van der Waals surface area contributed by atoms with E-state index in [0.717, 1.165) is 9.21 Å². The molecule has 0 fully saturated rings. The van der Waals surface area contributed by atoms with Gasteiger partial charge in [0.1, 0.15) is 11.4 Å². The molecular formula is C13H19N3O5S. The SMILES string of the molecule is CC(C)N(CC(=O)O)C(=O)CN(C)S(=O)(=O)c1cccnc1. The number of carboxylic acids is 1. The topological polar surface area (TPSA) is 108 Å². The van der Waals surface area contributed by atoms with Gasteiger partial charge >= 0.3 is 5.97 Å². The monoisotopic (exact) mass is 329 g/mol. The van der Waals surface area contributed by atoms with Crippen LogP contribution in [0.15, 0.2) is 29.4 Å². The summed E-state index contributed by atoms with van der Waals surface area (Å²) < 4.78 is 25.4. The number of hydrogen-bond acceptors (Lipinski definition) is 5. The first-order valence-electron chi connectivity index (χ1n) is 6.54. The Kier molecular flexibility index (Phi) is 6.01. The van der Waals surface area contributed by atoms with Crippen molar-refractivity contribution in [1.29, 1.82) is 0 Å². The number of sulfonamides is 1. The lowest BCUT2D eigenvalue weighted by atomic mass is 10.3. The van der Waals surface area contributed by atoms with Gasteiger partial charge in [0.2, 0.25) is 15.9 Å². The maximum absolute atomic E-state index is 12.3. The largest absolute Gasteiger partial charge is 0.480 e. The molecule has 1 aromatic heterocycles. The Morgan fingerprint density at radius 2 is 1.95 bits per heavy atom. The molecular weight excluding hydrogens is 310 g/mol. The van der Waals surface area contributed by atoms with Gasteiger partial charge < -0.3 is 10.0 Å². The van der Waals surface area contributed by atoms with Crippen LogP contribution in [0.25, 0.3) is 0 Å². The molecule has 1 N–H and O–H groups in total. The van der Waals surface area contributed by atoms with E-state index in [4.69, 9.17) is 5.11 Å². The van der Waals surface area contributed by atoms with E-state index in [1.54, 1.807) is 13.8 Å². The number of aromatic nitrogens is 1. The molecule has 0 saturated carbocycles. The Labute approximate surface area is 129 Å². The van der Waals surface area contributed by atoms with Crippen LogP contribution in [0.5, 0.6) is 0 Å². The van der Waals surface area contributed by atoms with E-state index >= 15 is 0 Å². The van der Waals surface area contributed by atoms with Gasteiger partial charge in [-0.1, -0.05) is 0 Å². The third-order valence-corrected chi connectivity index (χ3v) is 4.74. The summed E-state index contributed by atoms with van der Waals surface area (Å²) >= 11 is 0. The van der Waals surface area contributed by atoms with Crippen molar-refractivity contribution in [2.75, 3.05) is 20.1 Å². The maximum Gasteiger partial charge on any atom is 0.323 e. The average molecular weight is 329 g/mol. The molecule has 122 valence electrons. The van der Waals surface area contributed by atoms with Crippen LogP contribution >= 0.6 is 0 Å². The molecule has 8 nitrogen and oxygen atoms in total. The number of nitrogens with zero attached hydrogens (tertiary/aromatic N) is 3. The van der Waals surface area contributed by atoms with Crippen molar-refractivity contribution in [3.8, 4) is 0 Å². The van der Waals surface area contributed by atoms with Crippen LogP contribution in [0.4, 0.5) is 0 Å². The highest BCUT2D eigenvalue weighted by Crippen LogP contribution is 2.12. The number of pyridine rings is 1.